The standard InChI is InChI=1S/C11H12BrNO4/c12-10-6-8(13(14)15)3-4-11(10)17-7-9-2-1-5-16-9/h3-4,6,9H,1-2,5,7H2/t9-/m0/s1. The van der Waals surface area contributed by atoms with Gasteiger partial charge >= 0.3 is 0 Å². The number of rotatable bonds is 4. The molecule has 0 spiro atoms. The van der Waals surface area contributed by atoms with Crippen molar-refractivity contribution in [1.82, 2.24) is 0 Å². The maximum atomic E-state index is 10.6. The van der Waals surface area contributed by atoms with Crippen LogP contribution in [0.2, 0.25) is 0 Å². The highest BCUT2D eigenvalue weighted by molar-refractivity contribution is 9.10. The van der Waals surface area contributed by atoms with Crippen molar-refractivity contribution >= 4 is 21.6 Å². The fourth-order valence-electron chi connectivity index (χ4n) is 1.68. The van der Waals surface area contributed by atoms with Crippen LogP contribution in [0.4, 0.5) is 5.69 Å². The molecule has 5 nitrogen and oxygen atoms in total. The highest BCUT2D eigenvalue weighted by Gasteiger charge is 2.17. The molecule has 0 aromatic heterocycles. The highest BCUT2D eigenvalue weighted by Crippen LogP contribution is 2.29. The van der Waals surface area contributed by atoms with Crippen LogP contribution >= 0.6 is 15.9 Å². The Morgan fingerprint density at radius 3 is 3.00 bits per heavy atom. The Kier molecular flexibility index (Phi) is 3.96. The molecule has 1 heterocycles. The molecular weight excluding hydrogens is 290 g/mol. The third kappa shape index (κ3) is 3.17. The van der Waals surface area contributed by atoms with Gasteiger partial charge in [-0.1, -0.05) is 0 Å². The lowest BCUT2D eigenvalue weighted by Crippen LogP contribution is -2.16. The normalized spacial score (nSPS) is 19.2. The van der Waals surface area contributed by atoms with E-state index in [1.165, 1.54) is 12.1 Å². The van der Waals surface area contributed by atoms with Crippen LogP contribution in [0.1, 0.15) is 12.8 Å². The quantitative estimate of drug-likeness (QED) is 0.634. The smallest absolute Gasteiger partial charge is 0.270 e. The molecule has 1 aromatic rings. The van der Waals surface area contributed by atoms with Crippen LogP contribution in [0.15, 0.2) is 22.7 Å². The SMILES string of the molecule is O=[N+]([O-])c1ccc(OC[C@@H]2CCCO2)c(Br)c1. The zero-order valence-electron chi connectivity index (χ0n) is 9.10. The summed E-state index contributed by atoms with van der Waals surface area (Å²) in [6.07, 6.45) is 2.21. The van der Waals surface area contributed by atoms with Gasteiger partial charge in [-0.25, -0.2) is 0 Å². The molecule has 17 heavy (non-hydrogen) atoms. The lowest BCUT2D eigenvalue weighted by molar-refractivity contribution is -0.385. The molecule has 0 saturated carbocycles. The van der Waals surface area contributed by atoms with Crippen LogP contribution in [-0.2, 0) is 4.74 Å². The van der Waals surface area contributed by atoms with Crippen molar-refractivity contribution in [3.63, 3.8) is 0 Å². The van der Waals surface area contributed by atoms with E-state index in [0.29, 0.717) is 16.8 Å². The fourth-order valence-corrected chi connectivity index (χ4v) is 2.16. The van der Waals surface area contributed by atoms with E-state index in [9.17, 15) is 10.1 Å². The maximum absolute atomic E-state index is 10.6. The van der Waals surface area contributed by atoms with Gasteiger partial charge in [0, 0.05) is 18.7 Å². The van der Waals surface area contributed by atoms with Crippen LogP contribution in [0.25, 0.3) is 0 Å². The van der Waals surface area contributed by atoms with Crippen molar-refractivity contribution in [3.8, 4) is 5.75 Å². The number of hydrogen-bond acceptors (Lipinski definition) is 4. The number of benzene rings is 1. The largest absolute Gasteiger partial charge is 0.490 e. The predicted octanol–water partition coefficient (Wildman–Crippen LogP) is 2.92. The van der Waals surface area contributed by atoms with E-state index in [1.807, 2.05) is 0 Å². The third-order valence-electron chi connectivity index (χ3n) is 2.58. The minimum atomic E-state index is -0.436. The summed E-state index contributed by atoms with van der Waals surface area (Å²) in [4.78, 5) is 10.1. The molecule has 0 amide bonds. The van der Waals surface area contributed by atoms with Gasteiger partial charge < -0.3 is 9.47 Å². The van der Waals surface area contributed by atoms with Gasteiger partial charge in [-0.2, -0.15) is 0 Å². The van der Waals surface area contributed by atoms with Gasteiger partial charge in [0.05, 0.1) is 15.5 Å². The van der Waals surface area contributed by atoms with Gasteiger partial charge in [0.2, 0.25) is 0 Å². The Morgan fingerprint density at radius 1 is 1.59 bits per heavy atom. The molecule has 0 bridgehead atoms. The van der Waals surface area contributed by atoms with Crippen LogP contribution in [0, 0.1) is 10.1 Å². The molecule has 1 fully saturated rings. The first-order valence-electron chi connectivity index (χ1n) is 5.35. The summed E-state index contributed by atoms with van der Waals surface area (Å²) in [7, 11) is 0. The molecule has 1 aromatic carbocycles. The highest BCUT2D eigenvalue weighted by atomic mass is 79.9. The van der Waals surface area contributed by atoms with Crippen molar-refractivity contribution in [1.29, 1.82) is 0 Å². The molecule has 92 valence electrons. The predicted molar refractivity (Wildman–Crippen MR) is 65.3 cm³/mol. The summed E-state index contributed by atoms with van der Waals surface area (Å²) in [5.41, 5.74) is 0.0429. The second-order valence-electron chi connectivity index (χ2n) is 3.82. The molecule has 0 radical (unpaired) electrons. The summed E-state index contributed by atoms with van der Waals surface area (Å²) < 4.78 is 11.6. The van der Waals surface area contributed by atoms with Gasteiger partial charge in [-0.3, -0.25) is 10.1 Å². The lowest BCUT2D eigenvalue weighted by Gasteiger charge is -2.12. The average Bonchev–Trinajstić information content (AvgIpc) is 2.80. The van der Waals surface area contributed by atoms with Gasteiger partial charge in [0.25, 0.3) is 5.69 Å². The summed E-state index contributed by atoms with van der Waals surface area (Å²) in [6, 6.07) is 4.46. The number of ether oxygens (including phenoxy) is 2. The van der Waals surface area contributed by atoms with E-state index in [0.717, 1.165) is 19.4 Å². The van der Waals surface area contributed by atoms with E-state index in [2.05, 4.69) is 15.9 Å². The molecule has 1 aliphatic heterocycles. The Bertz CT molecular complexity index is 418. The topological polar surface area (TPSA) is 61.6 Å². The van der Waals surface area contributed by atoms with E-state index < -0.39 is 4.92 Å². The molecule has 6 heteroatoms. The third-order valence-corrected chi connectivity index (χ3v) is 3.19. The first kappa shape index (κ1) is 12.3. The number of nitro groups is 1. The number of nitrogens with zero attached hydrogens (tertiary/aromatic N) is 1. The molecular formula is C11H12BrNO4. The molecule has 0 N–H and O–H groups in total. The van der Waals surface area contributed by atoms with Gasteiger partial charge in [0.15, 0.2) is 0 Å². The fraction of sp³-hybridized carbons (Fsp3) is 0.455. The second-order valence-corrected chi connectivity index (χ2v) is 4.67. The first-order valence-corrected chi connectivity index (χ1v) is 6.14. The number of halogens is 1. The second kappa shape index (κ2) is 5.46. The van der Waals surface area contributed by atoms with Crippen molar-refractivity contribution < 1.29 is 14.4 Å². The van der Waals surface area contributed by atoms with Crippen LogP contribution in [0.5, 0.6) is 5.75 Å². The van der Waals surface area contributed by atoms with Crippen LogP contribution in [-0.4, -0.2) is 24.2 Å². The number of hydrogen-bond donors (Lipinski definition) is 0. The molecule has 0 aliphatic carbocycles. The number of non-ortho nitro benzene ring substituents is 1. The molecule has 1 aliphatic rings. The summed E-state index contributed by atoms with van der Waals surface area (Å²) in [6.45, 7) is 1.27. The van der Waals surface area contributed by atoms with Crippen molar-refractivity contribution in [2.45, 2.75) is 18.9 Å². The van der Waals surface area contributed by atoms with Crippen molar-refractivity contribution in [2.24, 2.45) is 0 Å². The van der Waals surface area contributed by atoms with Crippen LogP contribution in [0.3, 0.4) is 0 Å². The molecule has 2 rings (SSSR count). The minimum absolute atomic E-state index is 0.0429. The van der Waals surface area contributed by atoms with E-state index in [4.69, 9.17) is 9.47 Å². The Labute approximate surface area is 107 Å². The summed E-state index contributed by atoms with van der Waals surface area (Å²) >= 11 is 3.25. The average molecular weight is 302 g/mol. The zero-order chi connectivity index (χ0) is 12.3. The molecule has 0 unspecified atom stereocenters. The van der Waals surface area contributed by atoms with Gasteiger partial charge in [0.1, 0.15) is 12.4 Å². The summed E-state index contributed by atoms with van der Waals surface area (Å²) in [5.74, 6) is 0.603. The zero-order valence-corrected chi connectivity index (χ0v) is 10.7. The van der Waals surface area contributed by atoms with E-state index >= 15 is 0 Å². The summed E-state index contributed by atoms with van der Waals surface area (Å²) in [5, 5.41) is 10.6. The van der Waals surface area contributed by atoms with Crippen molar-refractivity contribution in [2.75, 3.05) is 13.2 Å². The van der Waals surface area contributed by atoms with Gasteiger partial charge in [-0.05, 0) is 34.8 Å². The maximum Gasteiger partial charge on any atom is 0.270 e. The lowest BCUT2D eigenvalue weighted by atomic mass is 10.2. The van der Waals surface area contributed by atoms with Crippen molar-refractivity contribution in [3.05, 3.63) is 32.8 Å². The molecule has 1 saturated heterocycles. The Hall–Kier alpha value is -1.14. The van der Waals surface area contributed by atoms with E-state index in [-0.39, 0.29) is 11.8 Å². The Morgan fingerprint density at radius 2 is 2.41 bits per heavy atom. The van der Waals surface area contributed by atoms with E-state index in [1.54, 1.807) is 6.07 Å². The first-order chi connectivity index (χ1) is 8.16. The minimum Gasteiger partial charge on any atom is -0.490 e. The Balaban J connectivity index is 1.98. The molecule has 1 atom stereocenters. The number of nitro benzene ring substituents is 1. The van der Waals surface area contributed by atoms with Gasteiger partial charge in [-0.15, -0.1) is 0 Å². The van der Waals surface area contributed by atoms with Crippen LogP contribution < -0.4 is 4.74 Å². The monoisotopic (exact) mass is 301 g/mol.